The van der Waals surface area contributed by atoms with Gasteiger partial charge in [-0.05, 0) is 0 Å². The van der Waals surface area contributed by atoms with Gasteiger partial charge in [0.15, 0.2) is 0 Å². The molecule has 22 heavy (non-hydrogen) atoms. The van der Waals surface area contributed by atoms with Crippen LogP contribution in [0, 0.1) is 0 Å². The summed E-state index contributed by atoms with van der Waals surface area (Å²) >= 11 is 0. The van der Waals surface area contributed by atoms with E-state index in [1.165, 1.54) is 13.8 Å². The molecule has 0 heterocycles. The van der Waals surface area contributed by atoms with Gasteiger partial charge in [0, 0.05) is 25.4 Å². The molecule has 2 amide bonds. The molecule has 0 aromatic rings. The van der Waals surface area contributed by atoms with Crippen molar-refractivity contribution in [1.82, 2.24) is 10.6 Å². The van der Waals surface area contributed by atoms with E-state index >= 15 is 0 Å². The Hall–Kier alpha value is 0.580. The second-order valence-corrected chi connectivity index (χ2v) is 6.27. The Morgan fingerprint density at radius 1 is 0.818 bits per heavy atom. The van der Waals surface area contributed by atoms with Gasteiger partial charge in [0.05, 0.1) is 24.0 Å². The van der Waals surface area contributed by atoms with Crippen molar-refractivity contribution in [1.29, 1.82) is 0 Å². The van der Waals surface area contributed by atoms with Gasteiger partial charge in [0.25, 0.3) is 0 Å². The normalized spacial score (nSPS) is 11.9. The molecule has 114 valence electrons. The third kappa shape index (κ3) is 14.2. The largest absolute Gasteiger partial charge is 1.00 e. The van der Waals surface area contributed by atoms with Crippen LogP contribution in [0.3, 0.4) is 0 Å². The molecule has 0 radical (unpaired) electrons. The topological polar surface area (TPSA) is 138 Å². The number of rotatable bonds is 9. The second-order valence-electron chi connectivity index (χ2n) is 3.71. The Morgan fingerprint density at radius 2 is 1.09 bits per heavy atom. The van der Waals surface area contributed by atoms with Crippen molar-refractivity contribution in [2.75, 3.05) is 11.5 Å². The SMILES string of the molecule is CC(=O)N[C@@H](CSSC[C@H](NC(C)=O)C(=O)[O-])C(=O)[O-].[Na+].[Na+]. The van der Waals surface area contributed by atoms with Crippen LogP contribution in [0.4, 0.5) is 0 Å². The van der Waals surface area contributed by atoms with Gasteiger partial charge in [-0.2, -0.15) is 0 Å². The zero-order chi connectivity index (χ0) is 15.7. The molecular formula is C10H14N2Na2O6S2. The maximum atomic E-state index is 10.8. The van der Waals surface area contributed by atoms with E-state index in [4.69, 9.17) is 0 Å². The first-order valence-corrected chi connectivity index (χ1v) is 7.93. The zero-order valence-corrected chi connectivity index (χ0v) is 18.5. The number of carboxylic acids is 2. The summed E-state index contributed by atoms with van der Waals surface area (Å²) in [5.74, 6) is -3.84. The molecule has 0 bridgehead atoms. The summed E-state index contributed by atoms with van der Waals surface area (Å²) in [4.78, 5) is 42.9. The van der Waals surface area contributed by atoms with E-state index in [9.17, 15) is 29.4 Å². The number of nitrogens with one attached hydrogen (secondary N) is 2. The molecule has 0 aliphatic rings. The average Bonchev–Trinajstić information content (AvgIpc) is 2.29. The minimum Gasteiger partial charge on any atom is -0.548 e. The summed E-state index contributed by atoms with van der Waals surface area (Å²) < 4.78 is 0. The number of amides is 2. The fraction of sp³-hybridized carbons (Fsp3) is 0.600. The van der Waals surface area contributed by atoms with E-state index in [1.807, 2.05) is 0 Å². The van der Waals surface area contributed by atoms with E-state index in [1.54, 1.807) is 0 Å². The number of hydrogen-bond acceptors (Lipinski definition) is 8. The summed E-state index contributed by atoms with van der Waals surface area (Å²) in [6.07, 6.45) is 0. The van der Waals surface area contributed by atoms with Crippen LogP contribution in [0.25, 0.3) is 0 Å². The van der Waals surface area contributed by atoms with E-state index in [-0.39, 0.29) is 70.6 Å². The Bertz CT molecular complexity index is 364. The molecule has 8 nitrogen and oxygen atoms in total. The first-order valence-electron chi connectivity index (χ1n) is 5.44. The van der Waals surface area contributed by atoms with Crippen molar-refractivity contribution in [3.63, 3.8) is 0 Å². The Balaban J connectivity index is -0.00000180. The third-order valence-electron chi connectivity index (χ3n) is 1.88. The van der Waals surface area contributed by atoms with E-state index in [0.29, 0.717) is 0 Å². The van der Waals surface area contributed by atoms with E-state index in [2.05, 4.69) is 10.6 Å². The van der Waals surface area contributed by atoms with Crippen molar-refractivity contribution in [2.24, 2.45) is 0 Å². The fourth-order valence-electron chi connectivity index (χ4n) is 1.06. The molecule has 0 spiro atoms. The maximum absolute atomic E-state index is 10.8. The van der Waals surface area contributed by atoms with Crippen LogP contribution in [0.1, 0.15) is 13.8 Å². The van der Waals surface area contributed by atoms with Crippen LogP contribution < -0.4 is 80.0 Å². The van der Waals surface area contributed by atoms with Crippen molar-refractivity contribution in [3.8, 4) is 0 Å². The third-order valence-corrected chi connectivity index (χ3v) is 4.30. The quantitative estimate of drug-likeness (QED) is 0.232. The molecule has 0 saturated carbocycles. The van der Waals surface area contributed by atoms with E-state index < -0.39 is 35.8 Å². The predicted octanol–water partition coefficient (Wildman–Crippen LogP) is -9.12. The zero-order valence-electron chi connectivity index (χ0n) is 12.8. The maximum Gasteiger partial charge on any atom is 1.00 e. The standard InChI is InChI=1S/C10H16N2O6S2.2Na/c1-5(13)11-7(9(15)16)3-19-20-4-8(10(17)18)12-6(2)14;;/h7-8H,3-4H2,1-2H3,(H,11,13)(H,12,14)(H,15,16)(H,17,18);;/q;2*+1/p-2/t7-,8-;;/m0../s1. The van der Waals surface area contributed by atoms with Gasteiger partial charge in [0.1, 0.15) is 0 Å². The number of carbonyl (C=O) groups excluding carboxylic acids is 4. The molecule has 0 saturated heterocycles. The first-order chi connectivity index (χ1) is 9.23. The molecule has 0 rings (SSSR count). The van der Waals surface area contributed by atoms with Crippen LogP contribution >= 0.6 is 21.6 Å². The van der Waals surface area contributed by atoms with Crippen molar-refractivity contribution >= 4 is 45.3 Å². The minimum atomic E-state index is -1.42. The van der Waals surface area contributed by atoms with Gasteiger partial charge in [-0.1, -0.05) is 21.6 Å². The molecular weight excluding hydrogens is 354 g/mol. The molecule has 0 unspecified atom stereocenters. The van der Waals surface area contributed by atoms with E-state index in [0.717, 1.165) is 21.6 Å². The summed E-state index contributed by atoms with van der Waals surface area (Å²) in [6.45, 7) is 2.35. The van der Waals surface area contributed by atoms with Crippen molar-refractivity contribution < 1.29 is 88.5 Å². The molecule has 0 fully saturated rings. The summed E-state index contributed by atoms with van der Waals surface area (Å²) in [5.41, 5.74) is 0. The number of aliphatic carboxylic acids is 2. The number of carbonyl (C=O) groups is 4. The van der Waals surface area contributed by atoms with Gasteiger partial charge >= 0.3 is 59.1 Å². The Morgan fingerprint density at radius 3 is 1.27 bits per heavy atom. The molecule has 0 aliphatic carbocycles. The van der Waals surface area contributed by atoms with Crippen LogP contribution in [0.15, 0.2) is 0 Å². The van der Waals surface area contributed by atoms with Crippen molar-refractivity contribution in [3.05, 3.63) is 0 Å². The smallest absolute Gasteiger partial charge is 0.548 e. The predicted molar refractivity (Wildman–Crippen MR) is 70.1 cm³/mol. The number of carboxylic acid groups (broad SMARTS) is 2. The van der Waals surface area contributed by atoms with Crippen molar-refractivity contribution in [2.45, 2.75) is 25.9 Å². The second kappa shape index (κ2) is 15.1. The van der Waals surface area contributed by atoms with Gasteiger partial charge in [-0.15, -0.1) is 0 Å². The molecule has 0 aromatic heterocycles. The Kier molecular flexibility index (Phi) is 18.9. The van der Waals surface area contributed by atoms with Gasteiger partial charge < -0.3 is 30.4 Å². The molecule has 2 N–H and O–H groups in total. The molecule has 12 heteroatoms. The monoisotopic (exact) mass is 368 g/mol. The summed E-state index contributed by atoms with van der Waals surface area (Å²) in [6, 6.07) is -2.32. The molecule has 0 aliphatic heterocycles. The average molecular weight is 368 g/mol. The van der Waals surface area contributed by atoms with Gasteiger partial charge in [-0.3, -0.25) is 9.59 Å². The van der Waals surface area contributed by atoms with Crippen LogP contribution in [-0.2, 0) is 19.2 Å². The summed E-state index contributed by atoms with van der Waals surface area (Å²) in [7, 11) is 2.09. The fourth-order valence-corrected chi connectivity index (χ4v) is 3.36. The van der Waals surface area contributed by atoms with Crippen LogP contribution in [0.5, 0.6) is 0 Å². The van der Waals surface area contributed by atoms with Crippen LogP contribution in [-0.4, -0.2) is 47.3 Å². The molecule has 0 aromatic carbocycles. The molecule has 2 atom stereocenters. The van der Waals surface area contributed by atoms with Gasteiger partial charge in [-0.25, -0.2) is 0 Å². The van der Waals surface area contributed by atoms with Crippen LogP contribution in [0.2, 0.25) is 0 Å². The first kappa shape index (κ1) is 27.4. The summed E-state index contributed by atoms with van der Waals surface area (Å²) in [5, 5.41) is 25.8. The minimum absolute atomic E-state index is 0. The number of hydrogen-bond donors (Lipinski definition) is 2. The van der Waals surface area contributed by atoms with Gasteiger partial charge in [0.2, 0.25) is 11.8 Å². The Labute approximate surface area is 180 Å².